The number of ether oxygens (including phenoxy) is 4. The van der Waals surface area contributed by atoms with Crippen LogP contribution in [-0.2, 0) is 44.7 Å². The van der Waals surface area contributed by atoms with Crippen LogP contribution in [0.5, 0.6) is 0 Å². The number of hydrogen-bond donors (Lipinski definition) is 15. The number of urea groups is 1. The topological polar surface area (TPSA) is 421 Å². The number of carboxylic acids is 2. The number of aromatic amines is 1. The van der Waals surface area contributed by atoms with Crippen molar-refractivity contribution >= 4 is 35.7 Å². The van der Waals surface area contributed by atoms with Crippen molar-refractivity contribution in [3.63, 3.8) is 0 Å². The van der Waals surface area contributed by atoms with Crippen LogP contribution in [0.2, 0.25) is 0 Å². The summed E-state index contributed by atoms with van der Waals surface area (Å²) in [7, 11) is 1.27. The van der Waals surface area contributed by atoms with E-state index >= 15 is 0 Å². The molecule has 1 aromatic heterocycles. The Morgan fingerprint density at radius 1 is 0.823 bits per heavy atom. The van der Waals surface area contributed by atoms with Crippen molar-refractivity contribution in [1.29, 1.82) is 0 Å². The number of carbonyl (C=O) groups is 5. The van der Waals surface area contributed by atoms with E-state index in [-0.39, 0.29) is 45.0 Å². The molecule has 28 nitrogen and oxygen atoms in total. The monoisotopic (exact) mass is 1110 g/mol. The lowest BCUT2D eigenvalue weighted by Crippen LogP contribution is -2.66. The summed E-state index contributed by atoms with van der Waals surface area (Å²) in [6.07, 6.45) is -14.4. The maximum absolute atomic E-state index is 14.0. The molecular weight excluding hydrogens is 1040 g/mol. The molecule has 0 bridgehead atoms. The first-order valence-corrected chi connectivity index (χ1v) is 25.9. The Morgan fingerprint density at radius 2 is 1.51 bits per heavy atom. The number of aliphatic hydroxyl groups excluding tert-OH is 4. The van der Waals surface area contributed by atoms with Crippen LogP contribution < -0.4 is 54.2 Å². The molecule has 0 aliphatic carbocycles. The molecule has 4 heterocycles. The van der Waals surface area contributed by atoms with Gasteiger partial charge in [-0.05, 0) is 47.9 Å². The predicted octanol–water partition coefficient (Wildman–Crippen LogP) is -3.40. The first-order valence-electron chi connectivity index (χ1n) is 25.9. The summed E-state index contributed by atoms with van der Waals surface area (Å²) in [5.41, 5.74) is 7.11. The molecule has 4 amide bonds. The van der Waals surface area contributed by atoms with E-state index in [4.69, 9.17) is 24.7 Å². The Kier molecular flexibility index (Phi) is 22.0. The number of aromatic nitrogens is 2. The normalized spacial score (nSPS) is 25.3. The average molecular weight is 1110 g/mol. The number of aliphatic imine (C=N–C) groups is 1. The number of nitrogens with zero attached hydrogens (tertiary/aromatic N) is 2. The van der Waals surface area contributed by atoms with Gasteiger partial charge in [0.15, 0.2) is 18.5 Å². The highest BCUT2D eigenvalue weighted by molar-refractivity contribution is 5.94. The van der Waals surface area contributed by atoms with Gasteiger partial charge in [-0.25, -0.2) is 14.4 Å². The number of benzene rings is 2. The minimum absolute atomic E-state index is 0.0234. The van der Waals surface area contributed by atoms with Gasteiger partial charge >= 0.3 is 23.7 Å². The standard InChI is InChI=1S/C51H73N11O17/c1-24(2)32(46(70)71)60-50(74)61-33(29-16-20-56-49(52)57-29)44(69)59-34(36(64)25(3)4)43(68)55-19-9-18-54-35(47(72)73)40(41-38(66)39(67)45(78-41)62-21-17-31(63)58-51(62)75)79-48-42(76-5)37(65)30(77-48)23-53-22-26-12-14-28(15-13-26)27-10-7-6-8-11-27/h6-8,10-15,17,21,24-25,29-30,32-42,45,48,53-54,64-67H,9,16,18-20,22-23H2,1-5H3,(H,55,68)(H,59,69)(H,70,71)(H,72,73)(H3,52,56,57)(H,58,63,75)(H2,60,61,74)/t29?,30-,32?,33?,34?,35?,36?,37+,38+,39-,40-,41+,42-,45-,48?/m1/s1. The Morgan fingerprint density at radius 3 is 2.13 bits per heavy atom. The van der Waals surface area contributed by atoms with E-state index in [2.05, 4.69) is 42.2 Å². The highest BCUT2D eigenvalue weighted by Crippen LogP contribution is 2.35. The summed E-state index contributed by atoms with van der Waals surface area (Å²) in [6, 6.07) is 10.5. The van der Waals surface area contributed by atoms with Gasteiger partial charge in [-0.1, -0.05) is 82.3 Å². The summed E-state index contributed by atoms with van der Waals surface area (Å²) < 4.78 is 24.8. The van der Waals surface area contributed by atoms with Crippen molar-refractivity contribution in [3.05, 3.63) is 93.3 Å². The van der Waals surface area contributed by atoms with Crippen LogP contribution in [0.4, 0.5) is 4.79 Å². The van der Waals surface area contributed by atoms with E-state index in [9.17, 15) is 64.2 Å². The molecule has 2 saturated heterocycles. The van der Waals surface area contributed by atoms with Gasteiger partial charge in [-0.15, -0.1) is 0 Å². The van der Waals surface area contributed by atoms with Crippen molar-refractivity contribution in [2.24, 2.45) is 22.6 Å². The second-order valence-corrected chi connectivity index (χ2v) is 20.1. The maximum Gasteiger partial charge on any atom is 0.330 e. The summed E-state index contributed by atoms with van der Waals surface area (Å²) >= 11 is 0. The van der Waals surface area contributed by atoms with Crippen molar-refractivity contribution in [1.82, 2.24) is 46.8 Å². The minimum atomic E-state index is -1.93. The van der Waals surface area contributed by atoms with Gasteiger partial charge in [-0.3, -0.25) is 33.7 Å². The van der Waals surface area contributed by atoms with Crippen LogP contribution in [-0.4, -0.2) is 195 Å². The fourth-order valence-corrected chi connectivity index (χ4v) is 9.37. The molecule has 434 valence electrons. The number of nitrogens with one attached hydrogen (secondary N) is 8. The number of carboxylic acid groups (broad SMARTS) is 2. The molecular formula is C51H73N11O17. The van der Waals surface area contributed by atoms with Crippen LogP contribution in [0.25, 0.3) is 11.1 Å². The van der Waals surface area contributed by atoms with Gasteiger partial charge in [0.2, 0.25) is 11.8 Å². The SMILES string of the molecule is CO[C@H]1C(O[C@H](C(NCCCNC(=O)C(NC(=O)C(NC(=O)NC(C(=O)O)C(C)C)C2CCN=C(N)N2)C(O)C(C)C)C(=O)O)[C@H]2O[C@@H](n3ccc(=O)[nH]c3=O)[C@H](O)[C@@H]2O)O[C@H](CNCc2ccc(-c3ccccc3)cc2)[C@@H]1O. The first kappa shape index (κ1) is 61.4. The molecule has 0 spiro atoms. The second-order valence-electron chi connectivity index (χ2n) is 20.1. The van der Waals surface area contributed by atoms with Gasteiger partial charge in [0, 0.05) is 45.6 Å². The van der Waals surface area contributed by atoms with Crippen LogP contribution in [0.15, 0.2) is 81.4 Å². The first-order chi connectivity index (χ1) is 37.6. The zero-order chi connectivity index (χ0) is 57.7. The van der Waals surface area contributed by atoms with Crippen LogP contribution in [0.1, 0.15) is 52.3 Å². The van der Waals surface area contributed by atoms with Crippen molar-refractivity contribution < 1.29 is 73.6 Å². The quantitative estimate of drug-likeness (QED) is 0.0331. The zero-order valence-electron chi connectivity index (χ0n) is 44.3. The summed E-state index contributed by atoms with van der Waals surface area (Å²) in [5, 5.41) is 84.6. The Hall–Kier alpha value is -6.86. The Labute approximate surface area is 453 Å². The largest absolute Gasteiger partial charge is 0.480 e. The van der Waals surface area contributed by atoms with Crippen LogP contribution in [0, 0.1) is 11.8 Å². The molecule has 2 fully saturated rings. The number of hydrogen-bond acceptors (Lipinski definition) is 20. The lowest BCUT2D eigenvalue weighted by Gasteiger charge is -2.34. The van der Waals surface area contributed by atoms with Crippen molar-refractivity contribution in [2.75, 3.05) is 33.3 Å². The van der Waals surface area contributed by atoms with E-state index in [1.807, 2.05) is 59.6 Å². The predicted molar refractivity (Wildman–Crippen MR) is 281 cm³/mol. The molecule has 79 heavy (non-hydrogen) atoms. The molecule has 2 aromatic carbocycles. The molecule has 3 aliphatic rings. The molecule has 3 aliphatic heterocycles. The lowest BCUT2D eigenvalue weighted by atomic mass is 9.97. The molecule has 28 heteroatoms. The van der Waals surface area contributed by atoms with Gasteiger partial charge < -0.3 is 92.5 Å². The summed E-state index contributed by atoms with van der Waals surface area (Å²) in [4.78, 5) is 96.9. The number of H-pyrrole nitrogens is 1. The summed E-state index contributed by atoms with van der Waals surface area (Å²) in [6.45, 7) is 6.53. The average Bonchev–Trinajstić information content (AvgIpc) is 3.94. The number of carbonyl (C=O) groups excluding carboxylic acids is 3. The zero-order valence-corrected chi connectivity index (χ0v) is 44.3. The number of aliphatic carboxylic acids is 2. The van der Waals surface area contributed by atoms with Crippen LogP contribution in [0.3, 0.4) is 0 Å². The van der Waals surface area contributed by atoms with E-state index in [0.29, 0.717) is 6.54 Å². The second kappa shape index (κ2) is 28.3. The lowest BCUT2D eigenvalue weighted by molar-refractivity contribution is -0.231. The van der Waals surface area contributed by atoms with Crippen LogP contribution >= 0.6 is 0 Å². The Balaban J connectivity index is 1.14. The van der Waals surface area contributed by atoms with E-state index in [1.54, 1.807) is 27.7 Å². The van der Waals surface area contributed by atoms with Gasteiger partial charge in [0.25, 0.3) is 5.56 Å². The number of amides is 4. The minimum Gasteiger partial charge on any atom is -0.480 e. The van der Waals surface area contributed by atoms with Crippen molar-refractivity contribution in [2.45, 2.75) is 139 Å². The molecule has 16 N–H and O–H groups in total. The molecule has 3 aromatic rings. The maximum atomic E-state index is 14.0. The van der Waals surface area contributed by atoms with E-state index in [0.717, 1.165) is 33.5 Å². The number of nitrogens with two attached hydrogens (primary N) is 1. The van der Waals surface area contributed by atoms with Gasteiger partial charge in [0.1, 0.15) is 66.9 Å². The number of rotatable bonds is 27. The smallest absolute Gasteiger partial charge is 0.330 e. The third kappa shape index (κ3) is 15.9. The van der Waals surface area contributed by atoms with Crippen molar-refractivity contribution in [3.8, 4) is 11.1 Å². The molecule has 0 saturated carbocycles. The van der Waals surface area contributed by atoms with Gasteiger partial charge in [0.05, 0.1) is 12.1 Å². The molecule has 6 rings (SSSR count). The third-order valence-electron chi connectivity index (χ3n) is 13.8. The summed E-state index contributed by atoms with van der Waals surface area (Å²) in [5.74, 6) is -5.86. The molecule has 7 unspecified atom stereocenters. The Bertz CT molecular complexity index is 2680. The fraction of sp³-hybridized carbons (Fsp3) is 0.569. The highest BCUT2D eigenvalue weighted by atomic mass is 16.7. The fourth-order valence-electron chi connectivity index (χ4n) is 9.37. The third-order valence-corrected chi connectivity index (χ3v) is 13.8. The number of methoxy groups -OCH3 is 1. The highest BCUT2D eigenvalue weighted by Gasteiger charge is 2.54. The molecule has 0 radical (unpaired) electrons. The molecule has 15 atom stereocenters. The van der Waals surface area contributed by atoms with E-state index in [1.165, 1.54) is 7.11 Å². The number of aliphatic hydroxyl groups is 4. The van der Waals surface area contributed by atoms with Gasteiger partial charge in [-0.2, -0.15) is 0 Å². The van der Waals surface area contributed by atoms with E-state index < -0.39 is 144 Å². The number of guanidine groups is 1.